The third-order valence-corrected chi connectivity index (χ3v) is 6.47. The molecule has 5 N–H and O–H groups in total. The average Bonchev–Trinajstić information content (AvgIpc) is 3.50. The van der Waals surface area contributed by atoms with Gasteiger partial charge in [0.2, 0.25) is 6.23 Å². The van der Waals surface area contributed by atoms with Crippen LogP contribution >= 0.6 is 0 Å². The molecule has 2 aliphatic rings. The summed E-state index contributed by atoms with van der Waals surface area (Å²) in [5, 5.41) is 13.8. The molecule has 1 atom stereocenters. The number of nitrogens with two attached hydrogens (primary N) is 1. The van der Waals surface area contributed by atoms with Crippen molar-refractivity contribution in [2.24, 2.45) is 5.73 Å². The van der Waals surface area contributed by atoms with Crippen molar-refractivity contribution in [3.05, 3.63) is 58.7 Å². The normalized spacial score (nSPS) is 15.8. The molecule has 9 nitrogen and oxygen atoms in total. The Kier molecular flexibility index (Phi) is 7.55. The standard InChI is InChI=1S/C26H34N6O3/c1-3-29-22-13-17(23(27)28)7-8-18(22)15-30-24(33)26(35-4-2)32-16-19-9-10-20(14-21(19)25(32)34)31-11-5-6-12-31/h7-10,13-14,26,29H,3-6,11-12,15-16H2,1-2H3,(H3,27,28)(H,30,33). The Morgan fingerprint density at radius 3 is 2.63 bits per heavy atom. The van der Waals surface area contributed by atoms with Crippen LogP contribution in [0.2, 0.25) is 0 Å². The number of nitrogens with zero attached hydrogens (tertiary/aromatic N) is 2. The summed E-state index contributed by atoms with van der Waals surface area (Å²) in [6.45, 7) is 7.35. The zero-order valence-electron chi connectivity index (χ0n) is 20.4. The Morgan fingerprint density at radius 1 is 1.17 bits per heavy atom. The molecule has 2 heterocycles. The summed E-state index contributed by atoms with van der Waals surface area (Å²) in [5.41, 5.74) is 10.5. The van der Waals surface area contributed by atoms with Crippen molar-refractivity contribution in [2.75, 3.05) is 36.5 Å². The largest absolute Gasteiger partial charge is 0.385 e. The third kappa shape index (κ3) is 5.24. The van der Waals surface area contributed by atoms with E-state index in [1.807, 2.05) is 32.0 Å². The summed E-state index contributed by atoms with van der Waals surface area (Å²) in [6, 6.07) is 11.4. The van der Waals surface area contributed by atoms with E-state index in [1.165, 1.54) is 4.90 Å². The molecule has 35 heavy (non-hydrogen) atoms. The molecule has 1 saturated heterocycles. The molecular formula is C26H34N6O3. The highest BCUT2D eigenvalue weighted by Crippen LogP contribution is 2.30. The van der Waals surface area contributed by atoms with Crippen molar-refractivity contribution in [3.8, 4) is 0 Å². The molecule has 0 saturated carbocycles. The van der Waals surface area contributed by atoms with Gasteiger partial charge in [0.15, 0.2) is 0 Å². The second kappa shape index (κ2) is 10.8. The van der Waals surface area contributed by atoms with Crippen LogP contribution in [0.5, 0.6) is 0 Å². The van der Waals surface area contributed by atoms with E-state index in [4.69, 9.17) is 15.9 Å². The monoisotopic (exact) mass is 478 g/mol. The number of rotatable bonds is 10. The Morgan fingerprint density at radius 2 is 1.94 bits per heavy atom. The number of fused-ring (bicyclic) bond motifs is 1. The van der Waals surface area contributed by atoms with Crippen LogP contribution in [-0.2, 0) is 22.6 Å². The summed E-state index contributed by atoms with van der Waals surface area (Å²) in [6.07, 6.45) is 1.31. The second-order valence-electron chi connectivity index (χ2n) is 8.81. The van der Waals surface area contributed by atoms with E-state index < -0.39 is 6.23 Å². The van der Waals surface area contributed by atoms with E-state index >= 15 is 0 Å². The number of carbonyl (C=O) groups is 2. The minimum absolute atomic E-state index is 0.0175. The van der Waals surface area contributed by atoms with E-state index in [0.717, 1.165) is 48.4 Å². The molecule has 9 heteroatoms. The first-order chi connectivity index (χ1) is 16.9. The van der Waals surface area contributed by atoms with Gasteiger partial charge in [0.05, 0.1) is 0 Å². The van der Waals surface area contributed by atoms with Crippen molar-refractivity contribution in [1.29, 1.82) is 5.41 Å². The van der Waals surface area contributed by atoms with Gasteiger partial charge in [-0.05, 0) is 56.0 Å². The van der Waals surface area contributed by atoms with E-state index in [0.29, 0.717) is 30.8 Å². The SMILES string of the molecule is CCNc1cc(C(=N)N)ccc1CNC(=O)C(OCC)N1Cc2ccc(N3CCCC3)cc2C1=O. The molecule has 2 aromatic carbocycles. The van der Waals surface area contributed by atoms with Crippen LogP contribution in [0.4, 0.5) is 11.4 Å². The first-order valence-corrected chi connectivity index (χ1v) is 12.2. The fraction of sp³-hybridized carbons (Fsp3) is 0.423. The molecule has 0 aliphatic carbocycles. The number of benzene rings is 2. The number of hydrogen-bond acceptors (Lipinski definition) is 6. The van der Waals surface area contributed by atoms with Gasteiger partial charge in [-0.2, -0.15) is 0 Å². The second-order valence-corrected chi connectivity index (χ2v) is 8.81. The Hall–Kier alpha value is -3.59. The maximum Gasteiger partial charge on any atom is 0.270 e. The predicted molar refractivity (Wildman–Crippen MR) is 137 cm³/mol. The molecule has 1 fully saturated rings. The van der Waals surface area contributed by atoms with Gasteiger partial charge in [-0.3, -0.25) is 15.0 Å². The number of ether oxygens (including phenoxy) is 1. The molecule has 0 bridgehead atoms. The number of amidine groups is 1. The zero-order valence-corrected chi connectivity index (χ0v) is 20.4. The van der Waals surface area contributed by atoms with Crippen LogP contribution in [0, 0.1) is 5.41 Å². The summed E-state index contributed by atoms with van der Waals surface area (Å²) >= 11 is 0. The fourth-order valence-electron chi connectivity index (χ4n) is 4.66. The van der Waals surface area contributed by atoms with Crippen molar-refractivity contribution in [2.45, 2.75) is 46.0 Å². The van der Waals surface area contributed by atoms with Gasteiger partial charge >= 0.3 is 0 Å². The molecule has 2 amide bonds. The van der Waals surface area contributed by atoms with Crippen LogP contribution in [-0.4, -0.2) is 55.0 Å². The molecule has 0 radical (unpaired) electrons. The lowest BCUT2D eigenvalue weighted by Crippen LogP contribution is -2.48. The zero-order chi connectivity index (χ0) is 24.9. The molecule has 4 rings (SSSR count). The number of nitrogens with one attached hydrogen (secondary N) is 3. The number of carbonyl (C=O) groups excluding carboxylic acids is 2. The molecule has 2 aromatic rings. The highest BCUT2D eigenvalue weighted by Gasteiger charge is 2.37. The van der Waals surface area contributed by atoms with Gasteiger partial charge in [0.25, 0.3) is 11.8 Å². The van der Waals surface area contributed by atoms with E-state index in [2.05, 4.69) is 21.6 Å². The third-order valence-electron chi connectivity index (χ3n) is 6.47. The van der Waals surface area contributed by atoms with Crippen molar-refractivity contribution >= 4 is 29.0 Å². The average molecular weight is 479 g/mol. The van der Waals surface area contributed by atoms with Gasteiger partial charge in [-0.1, -0.05) is 18.2 Å². The molecule has 186 valence electrons. The summed E-state index contributed by atoms with van der Waals surface area (Å²) in [4.78, 5) is 30.3. The number of hydrogen-bond donors (Lipinski definition) is 4. The Labute approximate surface area is 206 Å². The van der Waals surface area contributed by atoms with Crippen LogP contribution in [0.25, 0.3) is 0 Å². The lowest BCUT2D eigenvalue weighted by molar-refractivity contribution is -0.143. The van der Waals surface area contributed by atoms with E-state index in [9.17, 15) is 9.59 Å². The van der Waals surface area contributed by atoms with E-state index in [1.54, 1.807) is 12.1 Å². The molecular weight excluding hydrogens is 444 g/mol. The summed E-state index contributed by atoms with van der Waals surface area (Å²) < 4.78 is 5.76. The van der Waals surface area contributed by atoms with E-state index in [-0.39, 0.29) is 24.2 Å². The van der Waals surface area contributed by atoms with Crippen molar-refractivity contribution in [3.63, 3.8) is 0 Å². The highest BCUT2D eigenvalue weighted by atomic mass is 16.5. The van der Waals surface area contributed by atoms with Gasteiger partial charge < -0.3 is 30.9 Å². The minimum Gasteiger partial charge on any atom is -0.385 e. The number of anilines is 2. The first-order valence-electron chi connectivity index (χ1n) is 12.2. The topological polar surface area (TPSA) is 124 Å². The molecule has 0 spiro atoms. The summed E-state index contributed by atoms with van der Waals surface area (Å²) in [5.74, 6) is -0.573. The van der Waals surface area contributed by atoms with Crippen LogP contribution in [0.15, 0.2) is 36.4 Å². The van der Waals surface area contributed by atoms with Gasteiger partial charge in [0, 0.05) is 61.8 Å². The Bertz CT molecular complexity index is 1110. The van der Waals surface area contributed by atoms with Gasteiger partial charge in [-0.25, -0.2) is 0 Å². The maximum atomic E-state index is 13.3. The first kappa shape index (κ1) is 24.5. The Balaban J connectivity index is 1.48. The summed E-state index contributed by atoms with van der Waals surface area (Å²) in [7, 11) is 0. The van der Waals surface area contributed by atoms with Crippen LogP contribution < -0.4 is 21.3 Å². The molecule has 0 aromatic heterocycles. The highest BCUT2D eigenvalue weighted by molar-refractivity contribution is 6.01. The molecule has 2 aliphatic heterocycles. The van der Waals surface area contributed by atoms with Crippen LogP contribution in [0.3, 0.4) is 0 Å². The maximum absolute atomic E-state index is 13.3. The predicted octanol–water partition coefficient (Wildman–Crippen LogP) is 2.64. The lowest BCUT2D eigenvalue weighted by atomic mass is 10.1. The number of amides is 2. The van der Waals surface area contributed by atoms with Crippen molar-refractivity contribution < 1.29 is 14.3 Å². The van der Waals surface area contributed by atoms with Crippen molar-refractivity contribution in [1.82, 2.24) is 10.2 Å². The van der Waals surface area contributed by atoms with Gasteiger partial charge in [0.1, 0.15) is 5.84 Å². The minimum atomic E-state index is -1.02. The lowest BCUT2D eigenvalue weighted by Gasteiger charge is -2.26. The quantitative estimate of drug-likeness (QED) is 0.307. The fourth-order valence-corrected chi connectivity index (χ4v) is 4.66. The van der Waals surface area contributed by atoms with Gasteiger partial charge in [-0.15, -0.1) is 0 Å². The smallest absolute Gasteiger partial charge is 0.270 e. The molecule has 1 unspecified atom stereocenters. The number of nitrogen functional groups attached to an aromatic ring is 1. The van der Waals surface area contributed by atoms with Crippen LogP contribution in [0.1, 0.15) is 53.7 Å².